The fraction of sp³-hybridized carbons (Fsp3) is 0.143. The molecule has 0 aliphatic carbocycles. The number of hydrogen-bond donors (Lipinski definition) is 3. The van der Waals surface area contributed by atoms with Crippen LogP contribution in [0.2, 0.25) is 0 Å². The van der Waals surface area contributed by atoms with Crippen molar-refractivity contribution in [1.82, 2.24) is 10.3 Å². The summed E-state index contributed by atoms with van der Waals surface area (Å²) in [5.74, 6) is 5.07. The van der Waals surface area contributed by atoms with Gasteiger partial charge in [0.05, 0.1) is 5.69 Å². The molecule has 0 atom stereocenters. The zero-order chi connectivity index (χ0) is 13.7. The number of nitrogen functional groups attached to an aromatic ring is 1. The summed E-state index contributed by atoms with van der Waals surface area (Å²) in [4.78, 5) is 16.0. The van der Waals surface area contributed by atoms with Gasteiger partial charge in [0, 0.05) is 12.7 Å². The van der Waals surface area contributed by atoms with Crippen LogP contribution in [0, 0.1) is 6.92 Å². The number of aryl methyl sites for hydroxylation is 1. The molecule has 0 spiro atoms. The zero-order valence-corrected chi connectivity index (χ0v) is 10.7. The van der Waals surface area contributed by atoms with E-state index in [4.69, 9.17) is 5.84 Å². The van der Waals surface area contributed by atoms with Gasteiger partial charge in [-0.25, -0.2) is 0 Å². The average Bonchev–Trinajstić information content (AvgIpc) is 2.46. The van der Waals surface area contributed by atoms with E-state index in [1.54, 1.807) is 12.1 Å². The Morgan fingerprint density at radius 3 is 2.84 bits per heavy atom. The van der Waals surface area contributed by atoms with Crippen LogP contribution in [-0.2, 0) is 6.54 Å². The quantitative estimate of drug-likeness (QED) is 0.573. The lowest BCUT2D eigenvalue weighted by atomic mass is 10.1. The SMILES string of the molecule is Cc1ccccc1CNC(=O)c1cc(NN)ccn1. The third-order valence-corrected chi connectivity index (χ3v) is 2.86. The maximum absolute atomic E-state index is 12.0. The van der Waals surface area contributed by atoms with Crippen molar-refractivity contribution in [2.24, 2.45) is 5.84 Å². The molecule has 0 radical (unpaired) electrons. The van der Waals surface area contributed by atoms with Gasteiger partial charge in [0.2, 0.25) is 0 Å². The van der Waals surface area contributed by atoms with Gasteiger partial charge in [0.15, 0.2) is 0 Å². The average molecular weight is 256 g/mol. The molecule has 5 heteroatoms. The molecule has 1 amide bonds. The Balaban J connectivity index is 2.03. The van der Waals surface area contributed by atoms with E-state index in [1.807, 2.05) is 31.2 Å². The van der Waals surface area contributed by atoms with Crippen LogP contribution < -0.4 is 16.6 Å². The van der Waals surface area contributed by atoms with Crippen molar-refractivity contribution in [3.63, 3.8) is 0 Å². The van der Waals surface area contributed by atoms with Crippen molar-refractivity contribution in [2.75, 3.05) is 5.43 Å². The van der Waals surface area contributed by atoms with E-state index < -0.39 is 0 Å². The molecule has 4 N–H and O–H groups in total. The standard InChI is InChI=1S/C14H16N4O/c1-10-4-2-3-5-11(10)9-17-14(19)13-8-12(18-15)6-7-16-13/h2-8H,9,15H2,1H3,(H,16,18)(H,17,19). The Morgan fingerprint density at radius 1 is 1.32 bits per heavy atom. The van der Waals surface area contributed by atoms with E-state index in [2.05, 4.69) is 15.7 Å². The van der Waals surface area contributed by atoms with Crippen LogP contribution in [0.15, 0.2) is 42.6 Å². The number of pyridine rings is 1. The van der Waals surface area contributed by atoms with Gasteiger partial charge >= 0.3 is 0 Å². The summed E-state index contributed by atoms with van der Waals surface area (Å²) in [6.07, 6.45) is 1.54. The van der Waals surface area contributed by atoms with Gasteiger partial charge in [-0.1, -0.05) is 24.3 Å². The molecule has 5 nitrogen and oxygen atoms in total. The second-order valence-electron chi connectivity index (χ2n) is 4.18. The number of nitrogens with zero attached hydrogens (tertiary/aromatic N) is 1. The highest BCUT2D eigenvalue weighted by Gasteiger charge is 2.07. The summed E-state index contributed by atoms with van der Waals surface area (Å²) in [6.45, 7) is 2.49. The lowest BCUT2D eigenvalue weighted by Gasteiger charge is -2.08. The summed E-state index contributed by atoms with van der Waals surface area (Å²) >= 11 is 0. The molecule has 0 fully saturated rings. The number of nitrogens with one attached hydrogen (secondary N) is 2. The first kappa shape index (κ1) is 13.0. The number of carbonyl (C=O) groups is 1. The van der Waals surface area contributed by atoms with Crippen molar-refractivity contribution >= 4 is 11.6 Å². The Labute approximate surface area is 111 Å². The minimum atomic E-state index is -0.222. The predicted octanol–water partition coefficient (Wildman–Crippen LogP) is 1.61. The van der Waals surface area contributed by atoms with Gasteiger partial charge in [-0.2, -0.15) is 0 Å². The topological polar surface area (TPSA) is 80.0 Å². The Hall–Kier alpha value is -2.40. The number of rotatable bonds is 4. The van der Waals surface area contributed by atoms with Crippen LogP contribution in [0.3, 0.4) is 0 Å². The van der Waals surface area contributed by atoms with Crippen LogP contribution >= 0.6 is 0 Å². The van der Waals surface area contributed by atoms with Crippen molar-refractivity contribution in [3.05, 3.63) is 59.4 Å². The molecular formula is C14H16N4O. The van der Waals surface area contributed by atoms with E-state index in [-0.39, 0.29) is 5.91 Å². The van der Waals surface area contributed by atoms with E-state index >= 15 is 0 Å². The Morgan fingerprint density at radius 2 is 2.11 bits per heavy atom. The number of anilines is 1. The summed E-state index contributed by atoms with van der Waals surface area (Å²) < 4.78 is 0. The normalized spacial score (nSPS) is 10.0. The highest BCUT2D eigenvalue weighted by molar-refractivity contribution is 5.93. The highest BCUT2D eigenvalue weighted by Crippen LogP contribution is 2.08. The number of hydrazine groups is 1. The molecule has 0 saturated heterocycles. The van der Waals surface area contributed by atoms with Crippen LogP contribution in [0.5, 0.6) is 0 Å². The van der Waals surface area contributed by atoms with Gasteiger partial charge in [-0.05, 0) is 30.2 Å². The molecule has 0 aliphatic rings. The fourth-order valence-electron chi connectivity index (χ4n) is 1.72. The van der Waals surface area contributed by atoms with Crippen molar-refractivity contribution < 1.29 is 4.79 Å². The van der Waals surface area contributed by atoms with Crippen molar-refractivity contribution in [1.29, 1.82) is 0 Å². The van der Waals surface area contributed by atoms with Gasteiger partial charge in [-0.15, -0.1) is 0 Å². The molecule has 2 aromatic rings. The molecule has 0 saturated carbocycles. The number of amides is 1. The van der Waals surface area contributed by atoms with Crippen LogP contribution in [0.25, 0.3) is 0 Å². The molecule has 1 heterocycles. The molecule has 0 bridgehead atoms. The second-order valence-corrected chi connectivity index (χ2v) is 4.18. The summed E-state index contributed by atoms with van der Waals surface area (Å²) in [5, 5.41) is 2.84. The molecule has 19 heavy (non-hydrogen) atoms. The monoisotopic (exact) mass is 256 g/mol. The maximum Gasteiger partial charge on any atom is 0.270 e. The first-order valence-corrected chi connectivity index (χ1v) is 5.96. The highest BCUT2D eigenvalue weighted by atomic mass is 16.1. The number of benzene rings is 1. The Kier molecular flexibility index (Phi) is 4.10. The van der Waals surface area contributed by atoms with E-state index in [0.29, 0.717) is 17.9 Å². The smallest absolute Gasteiger partial charge is 0.270 e. The Bertz CT molecular complexity index is 583. The lowest BCUT2D eigenvalue weighted by molar-refractivity contribution is 0.0946. The molecule has 98 valence electrons. The predicted molar refractivity (Wildman–Crippen MR) is 74.4 cm³/mol. The first-order chi connectivity index (χ1) is 9.20. The van der Waals surface area contributed by atoms with E-state index in [1.165, 1.54) is 6.20 Å². The van der Waals surface area contributed by atoms with Crippen LogP contribution in [-0.4, -0.2) is 10.9 Å². The van der Waals surface area contributed by atoms with E-state index in [0.717, 1.165) is 11.1 Å². The van der Waals surface area contributed by atoms with Gasteiger partial charge in [0.25, 0.3) is 5.91 Å². The largest absolute Gasteiger partial charge is 0.347 e. The lowest BCUT2D eigenvalue weighted by Crippen LogP contribution is -2.24. The number of nitrogens with two attached hydrogens (primary N) is 1. The summed E-state index contributed by atoms with van der Waals surface area (Å²) in [5.41, 5.74) is 5.70. The third-order valence-electron chi connectivity index (χ3n) is 2.86. The van der Waals surface area contributed by atoms with Crippen molar-refractivity contribution in [2.45, 2.75) is 13.5 Å². The third kappa shape index (κ3) is 3.29. The zero-order valence-electron chi connectivity index (χ0n) is 10.7. The summed E-state index contributed by atoms with van der Waals surface area (Å²) in [6, 6.07) is 11.2. The second kappa shape index (κ2) is 5.97. The molecule has 0 aliphatic heterocycles. The van der Waals surface area contributed by atoms with Crippen LogP contribution in [0.4, 0.5) is 5.69 Å². The molecule has 0 unspecified atom stereocenters. The van der Waals surface area contributed by atoms with Crippen molar-refractivity contribution in [3.8, 4) is 0 Å². The first-order valence-electron chi connectivity index (χ1n) is 5.96. The summed E-state index contributed by atoms with van der Waals surface area (Å²) in [7, 11) is 0. The molecule has 2 rings (SSSR count). The van der Waals surface area contributed by atoms with E-state index in [9.17, 15) is 4.79 Å². The van der Waals surface area contributed by atoms with Gasteiger partial charge in [-0.3, -0.25) is 15.6 Å². The van der Waals surface area contributed by atoms with Gasteiger partial charge < -0.3 is 10.7 Å². The molecular weight excluding hydrogens is 240 g/mol. The molecule has 1 aromatic heterocycles. The minimum absolute atomic E-state index is 0.222. The minimum Gasteiger partial charge on any atom is -0.347 e. The van der Waals surface area contributed by atoms with Crippen LogP contribution in [0.1, 0.15) is 21.6 Å². The fourth-order valence-corrected chi connectivity index (χ4v) is 1.72. The number of carbonyl (C=O) groups excluding carboxylic acids is 1. The number of aromatic nitrogens is 1. The maximum atomic E-state index is 12.0. The van der Waals surface area contributed by atoms with Gasteiger partial charge in [0.1, 0.15) is 5.69 Å². The molecule has 1 aromatic carbocycles. The number of hydrogen-bond acceptors (Lipinski definition) is 4.